The molecule has 0 radical (unpaired) electrons. The molecule has 3 rings (SSSR count). The molecular formula is C18H20FN3O3S. The van der Waals surface area contributed by atoms with Crippen molar-refractivity contribution in [1.82, 2.24) is 9.21 Å². The van der Waals surface area contributed by atoms with Gasteiger partial charge in [0.15, 0.2) is 0 Å². The van der Waals surface area contributed by atoms with Crippen LogP contribution < -0.4 is 5.32 Å². The number of piperazine rings is 1. The van der Waals surface area contributed by atoms with Gasteiger partial charge in [0.2, 0.25) is 15.9 Å². The molecule has 26 heavy (non-hydrogen) atoms. The van der Waals surface area contributed by atoms with E-state index in [0.29, 0.717) is 13.1 Å². The van der Waals surface area contributed by atoms with Gasteiger partial charge in [-0.25, -0.2) is 12.8 Å². The number of nitrogens with zero attached hydrogens (tertiary/aromatic N) is 2. The molecule has 1 aliphatic heterocycles. The molecule has 1 saturated heterocycles. The lowest BCUT2D eigenvalue weighted by Gasteiger charge is -2.33. The van der Waals surface area contributed by atoms with Crippen molar-refractivity contribution in [3.8, 4) is 0 Å². The molecule has 2 aromatic carbocycles. The lowest BCUT2D eigenvalue weighted by atomic mass is 10.3. The smallest absolute Gasteiger partial charge is 0.246 e. The van der Waals surface area contributed by atoms with Gasteiger partial charge in [-0.05, 0) is 24.3 Å². The fourth-order valence-corrected chi connectivity index (χ4v) is 4.33. The summed E-state index contributed by atoms with van der Waals surface area (Å²) in [5, 5.41) is 2.80. The van der Waals surface area contributed by atoms with Crippen LogP contribution in [0.25, 0.3) is 0 Å². The van der Waals surface area contributed by atoms with Crippen molar-refractivity contribution in [2.75, 3.05) is 38.0 Å². The minimum atomic E-state index is -3.86. The Morgan fingerprint density at radius 3 is 2.23 bits per heavy atom. The zero-order chi connectivity index (χ0) is 18.6. The molecule has 0 spiro atoms. The van der Waals surface area contributed by atoms with E-state index in [-0.39, 0.29) is 30.4 Å². The van der Waals surface area contributed by atoms with Crippen LogP contribution >= 0.6 is 0 Å². The Morgan fingerprint density at radius 2 is 1.58 bits per heavy atom. The molecule has 2 aromatic rings. The molecule has 1 N–H and O–H groups in total. The lowest BCUT2D eigenvalue weighted by molar-refractivity contribution is -0.117. The summed E-state index contributed by atoms with van der Waals surface area (Å²) in [7, 11) is -3.86. The normalized spacial score (nSPS) is 16.3. The van der Waals surface area contributed by atoms with Crippen LogP contribution in [0.4, 0.5) is 10.1 Å². The summed E-state index contributed by atoms with van der Waals surface area (Å²) in [6.07, 6.45) is 0. The minimum absolute atomic E-state index is 0.151. The molecule has 8 heteroatoms. The number of carbonyl (C=O) groups excluding carboxylic acids is 1. The first kappa shape index (κ1) is 18.5. The van der Waals surface area contributed by atoms with Gasteiger partial charge in [-0.2, -0.15) is 4.31 Å². The fraction of sp³-hybridized carbons (Fsp3) is 0.278. The number of anilines is 1. The van der Waals surface area contributed by atoms with Crippen LogP contribution in [0.5, 0.6) is 0 Å². The Balaban J connectivity index is 1.56. The van der Waals surface area contributed by atoms with E-state index < -0.39 is 15.8 Å². The summed E-state index contributed by atoms with van der Waals surface area (Å²) in [5.41, 5.74) is 0.721. The largest absolute Gasteiger partial charge is 0.325 e. The molecule has 1 amide bonds. The minimum Gasteiger partial charge on any atom is -0.325 e. The number of sulfonamides is 1. The Kier molecular flexibility index (Phi) is 5.65. The predicted molar refractivity (Wildman–Crippen MR) is 96.7 cm³/mol. The number of amides is 1. The standard InChI is InChI=1S/C18H20FN3O3S/c19-16-8-4-5-9-17(16)26(24,25)22-12-10-21(11-13-22)14-18(23)20-15-6-2-1-3-7-15/h1-9H,10-14H2,(H,20,23). The van der Waals surface area contributed by atoms with Gasteiger partial charge in [0.05, 0.1) is 6.54 Å². The van der Waals surface area contributed by atoms with Crippen LogP contribution in [0, 0.1) is 5.82 Å². The lowest BCUT2D eigenvalue weighted by Crippen LogP contribution is -2.50. The van der Waals surface area contributed by atoms with Gasteiger partial charge < -0.3 is 5.32 Å². The van der Waals surface area contributed by atoms with Crippen molar-refractivity contribution in [3.63, 3.8) is 0 Å². The highest BCUT2D eigenvalue weighted by Crippen LogP contribution is 2.20. The van der Waals surface area contributed by atoms with E-state index in [4.69, 9.17) is 0 Å². The Labute approximate surface area is 152 Å². The summed E-state index contributed by atoms with van der Waals surface area (Å²) in [5.74, 6) is -0.904. The molecule has 0 saturated carbocycles. The van der Waals surface area contributed by atoms with E-state index in [0.717, 1.165) is 11.8 Å². The number of hydrogen-bond donors (Lipinski definition) is 1. The van der Waals surface area contributed by atoms with E-state index in [9.17, 15) is 17.6 Å². The maximum absolute atomic E-state index is 13.8. The second kappa shape index (κ2) is 7.94. The third kappa shape index (κ3) is 4.27. The van der Waals surface area contributed by atoms with Crippen molar-refractivity contribution in [3.05, 3.63) is 60.4 Å². The topological polar surface area (TPSA) is 69.7 Å². The van der Waals surface area contributed by atoms with Crippen LogP contribution in [-0.2, 0) is 14.8 Å². The zero-order valence-electron chi connectivity index (χ0n) is 14.1. The monoisotopic (exact) mass is 377 g/mol. The predicted octanol–water partition coefficient (Wildman–Crippen LogP) is 1.77. The fourth-order valence-electron chi connectivity index (χ4n) is 2.85. The number of halogens is 1. The SMILES string of the molecule is O=C(CN1CCN(S(=O)(=O)c2ccccc2F)CC1)Nc1ccccc1. The third-order valence-electron chi connectivity index (χ3n) is 4.21. The van der Waals surface area contributed by atoms with Crippen LogP contribution in [0.15, 0.2) is 59.5 Å². The van der Waals surface area contributed by atoms with E-state index in [2.05, 4.69) is 5.32 Å². The first-order valence-electron chi connectivity index (χ1n) is 8.29. The summed E-state index contributed by atoms with van der Waals surface area (Å²) in [4.78, 5) is 13.7. The molecule has 0 bridgehead atoms. The van der Waals surface area contributed by atoms with Gasteiger partial charge in [0.25, 0.3) is 0 Å². The number of para-hydroxylation sites is 1. The molecule has 0 unspecified atom stereocenters. The number of carbonyl (C=O) groups is 1. The van der Waals surface area contributed by atoms with E-state index >= 15 is 0 Å². The molecular weight excluding hydrogens is 357 g/mol. The van der Waals surface area contributed by atoms with Gasteiger partial charge in [0.1, 0.15) is 10.7 Å². The molecule has 1 fully saturated rings. The molecule has 1 aliphatic rings. The Hall–Kier alpha value is -2.29. The van der Waals surface area contributed by atoms with Crippen molar-refractivity contribution in [2.45, 2.75) is 4.90 Å². The van der Waals surface area contributed by atoms with Gasteiger partial charge >= 0.3 is 0 Å². The number of hydrogen-bond acceptors (Lipinski definition) is 4. The van der Waals surface area contributed by atoms with Crippen molar-refractivity contribution >= 4 is 21.6 Å². The van der Waals surface area contributed by atoms with Gasteiger partial charge in [-0.15, -0.1) is 0 Å². The maximum Gasteiger partial charge on any atom is 0.246 e. The summed E-state index contributed by atoms with van der Waals surface area (Å²) >= 11 is 0. The Bertz CT molecular complexity index is 866. The van der Waals surface area contributed by atoms with Gasteiger partial charge in [-0.1, -0.05) is 30.3 Å². The number of benzene rings is 2. The number of nitrogens with one attached hydrogen (secondary N) is 1. The molecule has 1 heterocycles. The van der Waals surface area contributed by atoms with Crippen LogP contribution in [0.1, 0.15) is 0 Å². The summed E-state index contributed by atoms with van der Waals surface area (Å²) in [6, 6.07) is 14.5. The van der Waals surface area contributed by atoms with Crippen LogP contribution in [0.3, 0.4) is 0 Å². The van der Waals surface area contributed by atoms with Crippen LogP contribution in [-0.4, -0.2) is 56.3 Å². The molecule has 6 nitrogen and oxygen atoms in total. The first-order chi connectivity index (χ1) is 12.5. The number of rotatable bonds is 5. The van der Waals surface area contributed by atoms with Crippen molar-refractivity contribution < 1.29 is 17.6 Å². The molecule has 138 valence electrons. The second-order valence-corrected chi connectivity index (χ2v) is 7.93. The zero-order valence-corrected chi connectivity index (χ0v) is 15.0. The van der Waals surface area contributed by atoms with Crippen molar-refractivity contribution in [2.24, 2.45) is 0 Å². The van der Waals surface area contributed by atoms with Gasteiger partial charge in [-0.3, -0.25) is 9.69 Å². The highest BCUT2D eigenvalue weighted by Gasteiger charge is 2.30. The third-order valence-corrected chi connectivity index (χ3v) is 6.14. The van der Waals surface area contributed by atoms with E-state index in [1.165, 1.54) is 22.5 Å². The molecule has 0 atom stereocenters. The molecule has 0 aromatic heterocycles. The summed E-state index contributed by atoms with van der Waals surface area (Å²) < 4.78 is 40.2. The Morgan fingerprint density at radius 1 is 0.962 bits per heavy atom. The van der Waals surface area contributed by atoms with Crippen molar-refractivity contribution in [1.29, 1.82) is 0 Å². The van der Waals surface area contributed by atoms with E-state index in [1.54, 1.807) is 12.1 Å². The highest BCUT2D eigenvalue weighted by molar-refractivity contribution is 7.89. The molecule has 0 aliphatic carbocycles. The quantitative estimate of drug-likeness (QED) is 0.862. The average molecular weight is 377 g/mol. The van der Waals surface area contributed by atoms with Gasteiger partial charge in [0, 0.05) is 31.9 Å². The highest BCUT2D eigenvalue weighted by atomic mass is 32.2. The van der Waals surface area contributed by atoms with E-state index in [1.807, 2.05) is 23.1 Å². The average Bonchev–Trinajstić information content (AvgIpc) is 2.63. The summed E-state index contributed by atoms with van der Waals surface area (Å²) in [6.45, 7) is 1.44. The second-order valence-electron chi connectivity index (χ2n) is 6.02. The van der Waals surface area contributed by atoms with Crippen LogP contribution in [0.2, 0.25) is 0 Å². The first-order valence-corrected chi connectivity index (χ1v) is 9.73. The maximum atomic E-state index is 13.8.